The van der Waals surface area contributed by atoms with Crippen molar-refractivity contribution in [1.29, 1.82) is 0 Å². The van der Waals surface area contributed by atoms with Crippen LogP contribution in [0.25, 0.3) is 0 Å². The summed E-state index contributed by atoms with van der Waals surface area (Å²) in [5.41, 5.74) is 0.117. The Balaban J connectivity index is 2.16. The van der Waals surface area contributed by atoms with Gasteiger partial charge in [-0.25, -0.2) is 14.8 Å². The van der Waals surface area contributed by atoms with Crippen molar-refractivity contribution in [2.24, 2.45) is 0 Å². The molecule has 1 aliphatic carbocycles. The molecule has 2 rings (SSSR count). The molecule has 2 N–H and O–H groups in total. The van der Waals surface area contributed by atoms with Gasteiger partial charge < -0.3 is 10.4 Å². The zero-order valence-electron chi connectivity index (χ0n) is 10.6. The Morgan fingerprint density at radius 1 is 1.44 bits per heavy atom. The number of hydrogen-bond donors (Lipinski definition) is 2. The summed E-state index contributed by atoms with van der Waals surface area (Å²) in [6.45, 7) is 2.09. The fourth-order valence-corrected chi connectivity index (χ4v) is 2.47. The van der Waals surface area contributed by atoms with E-state index in [0.29, 0.717) is 18.7 Å². The molecule has 0 unspecified atom stereocenters. The van der Waals surface area contributed by atoms with E-state index in [2.05, 4.69) is 22.2 Å². The van der Waals surface area contributed by atoms with Crippen LogP contribution in [0.5, 0.6) is 0 Å². The van der Waals surface area contributed by atoms with E-state index in [1.165, 1.54) is 6.33 Å². The summed E-state index contributed by atoms with van der Waals surface area (Å²) in [6.07, 6.45) is 6.62. The number of carboxylic acid groups (broad SMARTS) is 1. The van der Waals surface area contributed by atoms with Gasteiger partial charge in [0, 0.05) is 11.8 Å². The molecule has 0 amide bonds. The lowest BCUT2D eigenvalue weighted by atomic mass is 9.98. The van der Waals surface area contributed by atoms with Crippen LogP contribution in [0.15, 0.2) is 12.4 Å². The third-order valence-electron chi connectivity index (χ3n) is 3.46. The van der Waals surface area contributed by atoms with Crippen molar-refractivity contribution in [3.63, 3.8) is 0 Å². The van der Waals surface area contributed by atoms with Crippen LogP contribution in [-0.4, -0.2) is 26.6 Å². The van der Waals surface area contributed by atoms with Crippen molar-refractivity contribution in [3.05, 3.63) is 18.1 Å². The monoisotopic (exact) mass is 249 g/mol. The van der Waals surface area contributed by atoms with E-state index < -0.39 is 11.5 Å². The van der Waals surface area contributed by atoms with Gasteiger partial charge in [-0.05, 0) is 19.3 Å². The number of carboxylic acids is 1. The number of rotatable bonds is 5. The van der Waals surface area contributed by atoms with Gasteiger partial charge in [0.05, 0.1) is 0 Å². The number of nitrogens with one attached hydrogen (secondary N) is 1. The molecule has 1 saturated carbocycles. The summed E-state index contributed by atoms with van der Waals surface area (Å²) in [7, 11) is 0. The summed E-state index contributed by atoms with van der Waals surface area (Å²) in [5.74, 6) is -0.159. The maximum absolute atomic E-state index is 11.4. The summed E-state index contributed by atoms with van der Waals surface area (Å²) >= 11 is 0. The number of nitrogens with zero attached hydrogens (tertiary/aromatic N) is 2. The average molecular weight is 249 g/mol. The normalized spacial score (nSPS) is 17.6. The maximum Gasteiger partial charge on any atom is 0.329 e. The molecule has 0 spiro atoms. The Kier molecular flexibility index (Phi) is 3.79. The second-order valence-corrected chi connectivity index (χ2v) is 4.86. The number of hydrogen-bond acceptors (Lipinski definition) is 4. The first-order chi connectivity index (χ1) is 8.66. The van der Waals surface area contributed by atoms with E-state index in [9.17, 15) is 9.90 Å². The molecule has 1 heterocycles. The largest absolute Gasteiger partial charge is 0.480 e. The topological polar surface area (TPSA) is 75.1 Å². The van der Waals surface area contributed by atoms with Crippen molar-refractivity contribution < 1.29 is 9.90 Å². The quantitative estimate of drug-likeness (QED) is 0.837. The lowest BCUT2D eigenvalue weighted by molar-refractivity contribution is -0.142. The molecule has 98 valence electrons. The van der Waals surface area contributed by atoms with Gasteiger partial charge in [-0.2, -0.15) is 0 Å². The number of anilines is 1. The van der Waals surface area contributed by atoms with Crippen LogP contribution in [0.1, 0.15) is 44.7 Å². The Hall–Kier alpha value is -1.65. The predicted octanol–water partition coefficient (Wildman–Crippen LogP) is 2.24. The van der Waals surface area contributed by atoms with Crippen LogP contribution >= 0.6 is 0 Å². The van der Waals surface area contributed by atoms with E-state index in [1.54, 1.807) is 0 Å². The molecule has 0 aliphatic heterocycles. The minimum atomic E-state index is -0.835. The molecule has 5 nitrogen and oxygen atoms in total. The van der Waals surface area contributed by atoms with E-state index in [-0.39, 0.29) is 0 Å². The molecule has 5 heteroatoms. The smallest absolute Gasteiger partial charge is 0.329 e. The zero-order valence-corrected chi connectivity index (χ0v) is 10.6. The fourth-order valence-electron chi connectivity index (χ4n) is 2.47. The molecular formula is C13H19N3O2. The standard InChI is InChI=1S/C13H19N3O2/c1-2-5-10-8-11(15-9-14-10)16-13(12(17)18)6-3-4-7-13/h8-9H,2-7H2,1H3,(H,17,18)(H,14,15,16). The second-order valence-electron chi connectivity index (χ2n) is 4.86. The van der Waals surface area contributed by atoms with Gasteiger partial charge in [0.1, 0.15) is 17.7 Å². The van der Waals surface area contributed by atoms with Crippen molar-refractivity contribution in [2.75, 3.05) is 5.32 Å². The summed E-state index contributed by atoms with van der Waals surface area (Å²) < 4.78 is 0. The molecule has 18 heavy (non-hydrogen) atoms. The highest BCUT2D eigenvalue weighted by molar-refractivity contribution is 5.82. The first-order valence-electron chi connectivity index (χ1n) is 6.49. The van der Waals surface area contributed by atoms with Crippen molar-refractivity contribution in [1.82, 2.24) is 9.97 Å². The fraction of sp³-hybridized carbons (Fsp3) is 0.615. The van der Waals surface area contributed by atoms with Crippen LogP contribution in [0, 0.1) is 0 Å². The van der Waals surface area contributed by atoms with Gasteiger partial charge in [-0.1, -0.05) is 26.2 Å². The Labute approximate surface area is 107 Å². The molecule has 0 saturated heterocycles. The Morgan fingerprint density at radius 2 is 2.17 bits per heavy atom. The molecule has 1 aliphatic rings. The number of aryl methyl sites for hydroxylation is 1. The lowest BCUT2D eigenvalue weighted by Crippen LogP contribution is -2.43. The first kappa shape index (κ1) is 12.8. The van der Waals surface area contributed by atoms with Crippen LogP contribution in [0.3, 0.4) is 0 Å². The van der Waals surface area contributed by atoms with Crippen molar-refractivity contribution in [2.45, 2.75) is 51.0 Å². The van der Waals surface area contributed by atoms with Crippen LogP contribution in [-0.2, 0) is 11.2 Å². The van der Waals surface area contributed by atoms with Crippen LogP contribution < -0.4 is 5.32 Å². The number of aliphatic carboxylic acids is 1. The van der Waals surface area contributed by atoms with Crippen molar-refractivity contribution in [3.8, 4) is 0 Å². The highest BCUT2D eigenvalue weighted by atomic mass is 16.4. The average Bonchev–Trinajstić information content (AvgIpc) is 2.80. The van der Waals surface area contributed by atoms with Crippen LogP contribution in [0.2, 0.25) is 0 Å². The Bertz CT molecular complexity index is 428. The Morgan fingerprint density at radius 3 is 2.78 bits per heavy atom. The van der Waals surface area contributed by atoms with Gasteiger partial charge in [-0.3, -0.25) is 0 Å². The molecule has 0 radical (unpaired) electrons. The minimum Gasteiger partial charge on any atom is -0.480 e. The van der Waals surface area contributed by atoms with Gasteiger partial charge in [0.25, 0.3) is 0 Å². The van der Waals surface area contributed by atoms with E-state index in [0.717, 1.165) is 31.4 Å². The molecule has 1 aromatic rings. The molecule has 1 aromatic heterocycles. The van der Waals surface area contributed by atoms with E-state index in [4.69, 9.17) is 0 Å². The van der Waals surface area contributed by atoms with E-state index in [1.807, 2.05) is 6.07 Å². The second kappa shape index (κ2) is 5.33. The summed E-state index contributed by atoms with van der Waals surface area (Å²) in [6, 6.07) is 1.85. The molecule has 1 fully saturated rings. The minimum absolute atomic E-state index is 0.623. The van der Waals surface area contributed by atoms with Gasteiger partial charge in [0.15, 0.2) is 0 Å². The molecule has 0 bridgehead atoms. The highest BCUT2D eigenvalue weighted by Gasteiger charge is 2.41. The number of aromatic nitrogens is 2. The van der Waals surface area contributed by atoms with Gasteiger partial charge in [0.2, 0.25) is 0 Å². The third kappa shape index (κ3) is 2.60. The highest BCUT2D eigenvalue weighted by Crippen LogP contribution is 2.32. The van der Waals surface area contributed by atoms with Crippen LogP contribution in [0.4, 0.5) is 5.82 Å². The predicted molar refractivity (Wildman–Crippen MR) is 68.5 cm³/mol. The summed E-state index contributed by atoms with van der Waals surface area (Å²) in [4.78, 5) is 19.7. The summed E-state index contributed by atoms with van der Waals surface area (Å²) in [5, 5.41) is 12.5. The van der Waals surface area contributed by atoms with E-state index >= 15 is 0 Å². The molecular weight excluding hydrogens is 230 g/mol. The van der Waals surface area contributed by atoms with Gasteiger partial charge in [-0.15, -0.1) is 0 Å². The zero-order chi connectivity index (χ0) is 13.0. The molecule has 0 atom stereocenters. The van der Waals surface area contributed by atoms with Gasteiger partial charge >= 0.3 is 5.97 Å². The van der Waals surface area contributed by atoms with Crippen molar-refractivity contribution >= 4 is 11.8 Å². The number of carbonyl (C=O) groups is 1. The first-order valence-corrected chi connectivity index (χ1v) is 6.49. The molecule has 0 aromatic carbocycles. The maximum atomic E-state index is 11.4. The lowest BCUT2D eigenvalue weighted by Gasteiger charge is -2.25. The SMILES string of the molecule is CCCc1cc(NC2(C(=O)O)CCCC2)ncn1. The third-order valence-corrected chi connectivity index (χ3v) is 3.46.